The van der Waals surface area contributed by atoms with Crippen molar-refractivity contribution in [3.8, 4) is 0 Å². The molecule has 0 bridgehead atoms. The number of nitrogens with two attached hydrogens (primary N) is 1. The summed E-state index contributed by atoms with van der Waals surface area (Å²) in [6.07, 6.45) is 2.84. The maximum atomic E-state index is 12.9. The Morgan fingerprint density at radius 3 is 2.30 bits per heavy atom. The molecule has 0 spiro atoms. The van der Waals surface area contributed by atoms with Crippen LogP contribution in [0, 0.1) is 5.41 Å². The lowest BCUT2D eigenvalue weighted by atomic mass is 10.0. The fraction of sp³-hybridized carbons (Fsp3) is 0.474. The second-order valence-electron chi connectivity index (χ2n) is 6.71. The largest absolute Gasteiger partial charge is 0.481 e. The number of likely N-dealkylation sites (tertiary alicyclic amines) is 1. The van der Waals surface area contributed by atoms with E-state index in [9.17, 15) is 14.4 Å². The van der Waals surface area contributed by atoms with E-state index in [2.05, 4.69) is 5.32 Å². The summed E-state index contributed by atoms with van der Waals surface area (Å²) in [6, 6.07) is 6.21. The van der Waals surface area contributed by atoms with Crippen LogP contribution in [0.4, 0.5) is 0 Å². The molecule has 1 saturated heterocycles. The molecule has 1 atom stereocenters. The molecule has 1 fully saturated rings. The van der Waals surface area contributed by atoms with E-state index in [1.807, 2.05) is 0 Å². The van der Waals surface area contributed by atoms with Crippen LogP contribution in [0.1, 0.15) is 43.2 Å². The number of carboxylic acids is 1. The van der Waals surface area contributed by atoms with Crippen LogP contribution in [0.15, 0.2) is 24.3 Å². The maximum Gasteiger partial charge on any atom is 0.303 e. The van der Waals surface area contributed by atoms with Gasteiger partial charge in [0.25, 0.3) is 0 Å². The minimum atomic E-state index is -1.05. The van der Waals surface area contributed by atoms with E-state index in [4.69, 9.17) is 16.2 Å². The van der Waals surface area contributed by atoms with Crippen molar-refractivity contribution in [1.29, 1.82) is 5.41 Å². The lowest BCUT2D eigenvalue weighted by molar-refractivity contribution is -0.139. The Kier molecular flexibility index (Phi) is 7.34. The number of hydrogen-bond acceptors (Lipinski definition) is 4. The Morgan fingerprint density at radius 2 is 1.74 bits per heavy atom. The van der Waals surface area contributed by atoms with Crippen LogP contribution in [0.25, 0.3) is 0 Å². The van der Waals surface area contributed by atoms with Gasteiger partial charge in [-0.2, -0.15) is 0 Å². The molecule has 1 aromatic carbocycles. The van der Waals surface area contributed by atoms with Crippen molar-refractivity contribution < 1.29 is 19.5 Å². The third-order valence-electron chi connectivity index (χ3n) is 4.57. The number of hydrogen-bond donors (Lipinski definition) is 4. The first-order chi connectivity index (χ1) is 12.9. The van der Waals surface area contributed by atoms with Crippen LogP contribution in [0.5, 0.6) is 0 Å². The highest BCUT2D eigenvalue weighted by molar-refractivity contribution is 5.95. The molecule has 8 nitrogen and oxygen atoms in total. The third kappa shape index (κ3) is 6.40. The van der Waals surface area contributed by atoms with Gasteiger partial charge in [-0.1, -0.05) is 24.3 Å². The summed E-state index contributed by atoms with van der Waals surface area (Å²) >= 11 is 0. The lowest BCUT2D eigenvalue weighted by Crippen LogP contribution is -2.51. The first-order valence-electron chi connectivity index (χ1n) is 9.10. The molecule has 0 radical (unpaired) electrons. The Bertz CT molecular complexity index is 696. The summed E-state index contributed by atoms with van der Waals surface area (Å²) in [6.45, 7) is 1.34. The normalized spacial score (nSPS) is 15.0. The predicted molar refractivity (Wildman–Crippen MR) is 100 cm³/mol. The number of nitrogen functional groups attached to an aromatic ring is 1. The zero-order valence-electron chi connectivity index (χ0n) is 15.2. The molecule has 5 N–H and O–H groups in total. The number of nitrogens with zero attached hydrogens (tertiary/aromatic N) is 1. The van der Waals surface area contributed by atoms with Gasteiger partial charge in [0.2, 0.25) is 11.8 Å². The SMILES string of the molecule is N=C(N)c1ccc(CC(NC(=O)CCC(=O)O)C(=O)N2CCCCC2)cc1. The van der Waals surface area contributed by atoms with Crippen LogP contribution in [-0.4, -0.2) is 52.8 Å². The number of amides is 2. The van der Waals surface area contributed by atoms with E-state index in [0.29, 0.717) is 25.1 Å². The molecular formula is C19H26N4O4. The summed E-state index contributed by atoms with van der Waals surface area (Å²) in [7, 11) is 0. The van der Waals surface area contributed by atoms with E-state index >= 15 is 0 Å². The van der Waals surface area contributed by atoms with Gasteiger partial charge in [-0.3, -0.25) is 19.8 Å². The molecule has 2 amide bonds. The van der Waals surface area contributed by atoms with Gasteiger partial charge in [-0.05, 0) is 24.8 Å². The monoisotopic (exact) mass is 374 g/mol. The van der Waals surface area contributed by atoms with E-state index in [-0.39, 0.29) is 24.6 Å². The summed E-state index contributed by atoms with van der Waals surface area (Å²) in [5.74, 6) is -1.68. The number of piperidine rings is 1. The third-order valence-corrected chi connectivity index (χ3v) is 4.57. The standard InChI is InChI=1S/C19H26N4O4/c20-18(21)14-6-4-13(5-7-14)12-15(22-16(24)8-9-17(25)26)19(27)23-10-2-1-3-11-23/h4-7,15H,1-3,8-12H2,(H3,20,21)(H,22,24)(H,25,26). The van der Waals surface area contributed by atoms with Crippen molar-refractivity contribution in [2.75, 3.05) is 13.1 Å². The van der Waals surface area contributed by atoms with Gasteiger partial charge in [0.05, 0.1) is 6.42 Å². The Balaban J connectivity index is 2.09. The topological polar surface area (TPSA) is 137 Å². The van der Waals surface area contributed by atoms with Crippen molar-refractivity contribution in [3.05, 3.63) is 35.4 Å². The van der Waals surface area contributed by atoms with Gasteiger partial charge < -0.3 is 21.1 Å². The minimum absolute atomic E-state index is 0.0375. The molecular weight excluding hydrogens is 348 g/mol. The number of nitrogens with one attached hydrogen (secondary N) is 2. The number of rotatable bonds is 8. The first kappa shape index (κ1) is 20.4. The zero-order valence-corrected chi connectivity index (χ0v) is 15.2. The van der Waals surface area contributed by atoms with E-state index in [0.717, 1.165) is 24.8 Å². The molecule has 0 aliphatic carbocycles. The molecule has 1 aliphatic rings. The highest BCUT2D eigenvalue weighted by atomic mass is 16.4. The van der Waals surface area contributed by atoms with E-state index < -0.39 is 17.9 Å². The van der Waals surface area contributed by atoms with Crippen LogP contribution in [-0.2, 0) is 20.8 Å². The lowest BCUT2D eigenvalue weighted by Gasteiger charge is -2.31. The average molecular weight is 374 g/mol. The smallest absolute Gasteiger partial charge is 0.303 e. The molecule has 27 heavy (non-hydrogen) atoms. The number of carboxylic acid groups (broad SMARTS) is 1. The van der Waals surface area contributed by atoms with Gasteiger partial charge in [0.15, 0.2) is 0 Å². The van der Waals surface area contributed by atoms with Crippen molar-refractivity contribution in [1.82, 2.24) is 10.2 Å². The van der Waals surface area contributed by atoms with Crippen molar-refractivity contribution in [3.63, 3.8) is 0 Å². The molecule has 1 aromatic rings. The molecule has 8 heteroatoms. The van der Waals surface area contributed by atoms with Crippen LogP contribution < -0.4 is 11.1 Å². The first-order valence-corrected chi connectivity index (χ1v) is 9.10. The number of carbonyl (C=O) groups excluding carboxylic acids is 2. The van der Waals surface area contributed by atoms with Crippen LogP contribution in [0.3, 0.4) is 0 Å². The van der Waals surface area contributed by atoms with Gasteiger partial charge in [0, 0.05) is 31.5 Å². The molecule has 1 unspecified atom stereocenters. The Morgan fingerprint density at radius 1 is 1.11 bits per heavy atom. The second-order valence-corrected chi connectivity index (χ2v) is 6.71. The minimum Gasteiger partial charge on any atom is -0.481 e. The molecule has 146 valence electrons. The van der Waals surface area contributed by atoms with Gasteiger partial charge in [0.1, 0.15) is 11.9 Å². The fourth-order valence-corrected chi connectivity index (χ4v) is 3.08. The van der Waals surface area contributed by atoms with Crippen molar-refractivity contribution >= 4 is 23.6 Å². The van der Waals surface area contributed by atoms with E-state index in [1.165, 1.54) is 0 Å². The van der Waals surface area contributed by atoms with Gasteiger partial charge in [-0.15, -0.1) is 0 Å². The highest BCUT2D eigenvalue weighted by Crippen LogP contribution is 2.13. The fourth-order valence-electron chi connectivity index (χ4n) is 3.08. The maximum absolute atomic E-state index is 12.9. The number of carbonyl (C=O) groups is 3. The number of aliphatic carboxylic acids is 1. The van der Waals surface area contributed by atoms with Crippen LogP contribution in [0.2, 0.25) is 0 Å². The molecule has 0 aromatic heterocycles. The van der Waals surface area contributed by atoms with Gasteiger partial charge >= 0.3 is 5.97 Å². The predicted octanol–water partition coefficient (Wildman–Crippen LogP) is 0.875. The highest BCUT2D eigenvalue weighted by Gasteiger charge is 2.27. The summed E-state index contributed by atoms with van der Waals surface area (Å²) in [5.41, 5.74) is 6.87. The summed E-state index contributed by atoms with van der Waals surface area (Å²) < 4.78 is 0. The summed E-state index contributed by atoms with van der Waals surface area (Å²) in [5, 5.41) is 18.9. The summed E-state index contributed by atoms with van der Waals surface area (Å²) in [4.78, 5) is 37.4. The molecule has 1 aliphatic heterocycles. The Labute approximate surface area is 158 Å². The number of benzene rings is 1. The van der Waals surface area contributed by atoms with E-state index in [1.54, 1.807) is 29.2 Å². The zero-order chi connectivity index (χ0) is 19.8. The van der Waals surface area contributed by atoms with Gasteiger partial charge in [-0.25, -0.2) is 0 Å². The van der Waals surface area contributed by atoms with Crippen molar-refractivity contribution in [2.24, 2.45) is 5.73 Å². The molecule has 1 heterocycles. The van der Waals surface area contributed by atoms with Crippen LogP contribution >= 0.6 is 0 Å². The molecule has 0 saturated carbocycles. The molecule has 2 rings (SSSR count). The van der Waals surface area contributed by atoms with Crippen molar-refractivity contribution in [2.45, 2.75) is 44.6 Å². The number of amidine groups is 1. The quantitative estimate of drug-likeness (QED) is 0.395. The Hall–Kier alpha value is -2.90. The average Bonchev–Trinajstić information content (AvgIpc) is 2.66. The second kappa shape index (κ2) is 9.70.